The van der Waals surface area contributed by atoms with Gasteiger partial charge in [0, 0.05) is 43.4 Å². The van der Waals surface area contributed by atoms with Gasteiger partial charge in [-0.3, -0.25) is 4.90 Å². The minimum atomic E-state index is -3.95. The minimum absolute atomic E-state index is 0.103. The van der Waals surface area contributed by atoms with Gasteiger partial charge >= 0.3 is 16.2 Å². The molecule has 1 aliphatic heterocycles. The molecule has 180 valence electrons. The average Bonchev–Trinajstić information content (AvgIpc) is 2.75. The number of amides is 2. The van der Waals surface area contributed by atoms with Crippen LogP contribution in [0.5, 0.6) is 0 Å². The van der Waals surface area contributed by atoms with Crippen molar-refractivity contribution in [3.63, 3.8) is 0 Å². The molecule has 0 saturated carbocycles. The molecule has 0 aromatic heterocycles. The van der Waals surface area contributed by atoms with E-state index in [-0.39, 0.29) is 11.8 Å². The normalized spacial score (nSPS) is 15.7. The van der Waals surface area contributed by atoms with Gasteiger partial charge in [0.15, 0.2) is 0 Å². The van der Waals surface area contributed by atoms with Gasteiger partial charge in [-0.15, -0.1) is 0 Å². The number of hydrogen-bond donors (Lipinski definition) is 2. The number of urea groups is 1. The highest BCUT2D eigenvalue weighted by Crippen LogP contribution is 2.35. The Morgan fingerprint density at radius 3 is 2.03 bits per heavy atom. The maximum absolute atomic E-state index is 12.9. The smallest absolute Gasteiger partial charge is 0.307 e. The number of carbonyl (C=O) groups excluding carboxylic acids is 1. The van der Waals surface area contributed by atoms with Crippen LogP contribution in [0.3, 0.4) is 0 Å². The average molecular weight is 493 g/mol. The first kappa shape index (κ1) is 25.5. The van der Waals surface area contributed by atoms with Gasteiger partial charge < -0.3 is 5.32 Å². The Balaban J connectivity index is 1.65. The van der Waals surface area contributed by atoms with Crippen molar-refractivity contribution in [3.05, 3.63) is 64.2 Å². The van der Waals surface area contributed by atoms with Gasteiger partial charge in [-0.25, -0.2) is 9.52 Å². The van der Waals surface area contributed by atoms with Gasteiger partial charge in [0.25, 0.3) is 0 Å². The van der Waals surface area contributed by atoms with Crippen LogP contribution >= 0.6 is 11.6 Å². The third-order valence-corrected chi connectivity index (χ3v) is 7.50. The summed E-state index contributed by atoms with van der Waals surface area (Å²) in [5.41, 5.74) is 3.54. The SMILES string of the molecule is CC(C)c1cc(Cl)cc(C(C)C)c1NC(=O)NS(=O)(=O)N1CCN(Cc2ccccc2)CC1. The molecule has 2 amide bonds. The second kappa shape index (κ2) is 10.9. The maximum Gasteiger partial charge on any atom is 0.333 e. The fourth-order valence-corrected chi connectivity index (χ4v) is 5.29. The van der Waals surface area contributed by atoms with Crippen LogP contribution in [0.1, 0.15) is 56.2 Å². The number of hydrogen-bond acceptors (Lipinski definition) is 4. The molecule has 1 aliphatic rings. The lowest BCUT2D eigenvalue weighted by atomic mass is 9.92. The Morgan fingerprint density at radius 2 is 1.52 bits per heavy atom. The van der Waals surface area contributed by atoms with Crippen molar-refractivity contribution in [2.45, 2.75) is 46.1 Å². The van der Waals surface area contributed by atoms with Gasteiger partial charge in [0.05, 0.1) is 0 Å². The molecule has 0 unspecified atom stereocenters. The third-order valence-electron chi connectivity index (χ3n) is 5.79. The number of halogens is 1. The molecule has 1 fully saturated rings. The summed E-state index contributed by atoms with van der Waals surface area (Å²) in [5, 5.41) is 3.37. The molecule has 2 aromatic carbocycles. The molecule has 1 heterocycles. The largest absolute Gasteiger partial charge is 0.333 e. The summed E-state index contributed by atoms with van der Waals surface area (Å²) in [6, 6.07) is 12.9. The predicted octanol–water partition coefficient (Wildman–Crippen LogP) is 4.77. The highest BCUT2D eigenvalue weighted by molar-refractivity contribution is 7.87. The summed E-state index contributed by atoms with van der Waals surface area (Å²) < 4.78 is 29.2. The molecule has 1 saturated heterocycles. The Kier molecular flexibility index (Phi) is 8.39. The molecular weight excluding hydrogens is 460 g/mol. The lowest BCUT2D eigenvalue weighted by Gasteiger charge is -2.33. The zero-order valence-corrected chi connectivity index (χ0v) is 21.2. The van der Waals surface area contributed by atoms with Crippen LogP contribution < -0.4 is 10.0 Å². The van der Waals surface area contributed by atoms with E-state index in [2.05, 4.69) is 27.1 Å². The highest BCUT2D eigenvalue weighted by Gasteiger charge is 2.29. The summed E-state index contributed by atoms with van der Waals surface area (Å²) in [5.74, 6) is 0.205. The van der Waals surface area contributed by atoms with Gasteiger partial charge in [-0.1, -0.05) is 69.6 Å². The zero-order chi connectivity index (χ0) is 24.2. The van der Waals surface area contributed by atoms with Crippen LogP contribution in [0, 0.1) is 0 Å². The summed E-state index contributed by atoms with van der Waals surface area (Å²) in [7, 11) is -3.95. The van der Waals surface area contributed by atoms with E-state index in [4.69, 9.17) is 11.6 Å². The maximum atomic E-state index is 12.9. The molecule has 33 heavy (non-hydrogen) atoms. The van der Waals surface area contributed by atoms with Crippen LogP contribution in [-0.4, -0.2) is 49.8 Å². The molecule has 9 heteroatoms. The van der Waals surface area contributed by atoms with Crippen molar-refractivity contribution in [1.29, 1.82) is 0 Å². The van der Waals surface area contributed by atoms with Crippen molar-refractivity contribution < 1.29 is 13.2 Å². The van der Waals surface area contributed by atoms with Crippen LogP contribution in [0.4, 0.5) is 10.5 Å². The van der Waals surface area contributed by atoms with Gasteiger partial charge in [0.2, 0.25) is 0 Å². The standard InChI is InChI=1S/C24H33ClN4O3S/c1-17(2)21-14-20(25)15-22(18(3)4)23(21)26-24(30)27-33(31,32)29-12-10-28(11-13-29)16-19-8-6-5-7-9-19/h5-9,14-15,17-18H,10-13,16H2,1-4H3,(H2,26,27,30). The minimum Gasteiger partial charge on any atom is -0.307 e. The lowest BCUT2D eigenvalue weighted by Crippen LogP contribution is -2.53. The molecule has 0 radical (unpaired) electrons. The number of nitrogens with one attached hydrogen (secondary N) is 2. The molecule has 0 aliphatic carbocycles. The van der Waals surface area contributed by atoms with E-state index in [0.29, 0.717) is 36.9 Å². The Bertz CT molecular complexity index is 1040. The Labute approximate surface area is 202 Å². The first-order valence-electron chi connectivity index (χ1n) is 11.2. The number of anilines is 1. The van der Waals surface area contributed by atoms with Gasteiger partial charge in [0.1, 0.15) is 0 Å². The van der Waals surface area contributed by atoms with E-state index >= 15 is 0 Å². The third kappa shape index (κ3) is 6.69. The summed E-state index contributed by atoms with van der Waals surface area (Å²) in [6.45, 7) is 10.6. The second-order valence-electron chi connectivity index (χ2n) is 8.99. The van der Waals surface area contributed by atoms with Crippen LogP contribution in [0.2, 0.25) is 5.02 Å². The molecule has 2 aromatic rings. The van der Waals surface area contributed by atoms with Crippen LogP contribution in [-0.2, 0) is 16.8 Å². The molecule has 0 spiro atoms. The molecule has 7 nitrogen and oxygen atoms in total. The Morgan fingerprint density at radius 1 is 0.970 bits per heavy atom. The molecule has 2 N–H and O–H groups in total. The highest BCUT2D eigenvalue weighted by atomic mass is 35.5. The predicted molar refractivity (Wildman–Crippen MR) is 134 cm³/mol. The fourth-order valence-electron chi connectivity index (χ4n) is 4.00. The zero-order valence-electron chi connectivity index (χ0n) is 19.6. The number of piperazine rings is 1. The number of rotatable bonds is 7. The van der Waals surface area contributed by atoms with Crippen molar-refractivity contribution in [1.82, 2.24) is 13.9 Å². The van der Waals surface area contributed by atoms with E-state index in [1.807, 2.05) is 58.0 Å². The van der Waals surface area contributed by atoms with E-state index in [1.165, 1.54) is 9.87 Å². The van der Waals surface area contributed by atoms with Gasteiger partial charge in [-0.05, 0) is 40.7 Å². The van der Waals surface area contributed by atoms with Gasteiger partial charge in [-0.2, -0.15) is 12.7 Å². The Hall–Kier alpha value is -2.13. The van der Waals surface area contributed by atoms with Crippen LogP contribution in [0.15, 0.2) is 42.5 Å². The molecule has 0 bridgehead atoms. The van der Waals surface area contributed by atoms with Crippen molar-refractivity contribution >= 4 is 33.5 Å². The van der Waals surface area contributed by atoms with E-state index in [0.717, 1.165) is 17.7 Å². The number of carbonyl (C=O) groups is 1. The first-order valence-corrected chi connectivity index (χ1v) is 13.1. The number of benzene rings is 2. The first-order chi connectivity index (χ1) is 15.6. The van der Waals surface area contributed by atoms with Crippen molar-refractivity contribution in [2.24, 2.45) is 0 Å². The van der Waals surface area contributed by atoms with E-state index < -0.39 is 16.2 Å². The summed E-state index contributed by atoms with van der Waals surface area (Å²) in [4.78, 5) is 14.9. The van der Waals surface area contributed by atoms with Crippen molar-refractivity contribution in [2.75, 3.05) is 31.5 Å². The molecule has 3 rings (SSSR count). The van der Waals surface area contributed by atoms with E-state index in [9.17, 15) is 13.2 Å². The second-order valence-corrected chi connectivity index (χ2v) is 11.1. The summed E-state index contributed by atoms with van der Waals surface area (Å²) in [6.07, 6.45) is 0. The van der Waals surface area contributed by atoms with Crippen molar-refractivity contribution in [3.8, 4) is 0 Å². The number of nitrogens with zero attached hydrogens (tertiary/aromatic N) is 2. The summed E-state index contributed by atoms with van der Waals surface area (Å²) >= 11 is 6.28. The topological polar surface area (TPSA) is 81.8 Å². The lowest BCUT2D eigenvalue weighted by molar-refractivity contribution is 0.180. The monoisotopic (exact) mass is 492 g/mol. The van der Waals surface area contributed by atoms with Crippen LogP contribution in [0.25, 0.3) is 0 Å². The van der Waals surface area contributed by atoms with E-state index in [1.54, 1.807) is 0 Å². The quantitative estimate of drug-likeness (QED) is 0.583. The molecule has 0 atom stereocenters. The fraction of sp³-hybridized carbons (Fsp3) is 0.458. The molecular formula is C24H33ClN4O3S.